The SMILES string of the molecule is CC(C)(C)OC(=O)N1CCN(c2c(N(Cc3ccc(-c4nnc(C(F)F)o4)cc3F)c3ccc(F)c(F)c3)c(=O)c2=O)CC1. The molecule has 0 atom stereocenters. The van der Waals surface area contributed by atoms with Gasteiger partial charge in [-0.05, 0) is 45.0 Å². The molecule has 1 saturated heterocycles. The number of hydrogen-bond donors (Lipinski definition) is 0. The second-order valence-electron chi connectivity index (χ2n) is 11.0. The Bertz CT molecular complexity index is 1770. The number of ether oxygens (including phenoxy) is 1. The second-order valence-corrected chi connectivity index (χ2v) is 11.0. The van der Waals surface area contributed by atoms with Crippen LogP contribution in [0.1, 0.15) is 38.7 Å². The summed E-state index contributed by atoms with van der Waals surface area (Å²) in [5, 5.41) is 6.71. The van der Waals surface area contributed by atoms with Gasteiger partial charge in [-0.2, -0.15) is 8.78 Å². The summed E-state index contributed by atoms with van der Waals surface area (Å²) in [6.45, 7) is 5.47. The first-order valence-electron chi connectivity index (χ1n) is 13.4. The van der Waals surface area contributed by atoms with Crippen LogP contribution in [-0.2, 0) is 11.3 Å². The van der Waals surface area contributed by atoms with Gasteiger partial charge in [-0.1, -0.05) is 6.07 Å². The summed E-state index contributed by atoms with van der Waals surface area (Å²) < 4.78 is 79.4. The first-order chi connectivity index (χ1) is 20.7. The molecule has 1 fully saturated rings. The van der Waals surface area contributed by atoms with Crippen molar-refractivity contribution >= 4 is 23.2 Å². The van der Waals surface area contributed by atoms with Gasteiger partial charge < -0.3 is 23.9 Å². The smallest absolute Gasteiger partial charge is 0.410 e. The number of anilines is 3. The molecule has 0 radical (unpaired) electrons. The number of aromatic nitrogens is 2. The predicted molar refractivity (Wildman–Crippen MR) is 148 cm³/mol. The molecule has 4 aromatic rings. The van der Waals surface area contributed by atoms with Crippen LogP contribution in [0.25, 0.3) is 11.5 Å². The molecule has 0 N–H and O–H groups in total. The molecule has 3 aromatic carbocycles. The Morgan fingerprint density at radius 1 is 0.955 bits per heavy atom. The van der Waals surface area contributed by atoms with Crippen LogP contribution in [0.15, 0.2) is 50.4 Å². The van der Waals surface area contributed by atoms with Crippen molar-refractivity contribution < 1.29 is 35.9 Å². The van der Waals surface area contributed by atoms with E-state index >= 15 is 4.39 Å². The highest BCUT2D eigenvalue weighted by Crippen LogP contribution is 2.35. The van der Waals surface area contributed by atoms with Crippen LogP contribution in [0.2, 0.25) is 0 Å². The zero-order valence-corrected chi connectivity index (χ0v) is 23.7. The average molecular weight is 620 g/mol. The van der Waals surface area contributed by atoms with Gasteiger partial charge in [0, 0.05) is 49.1 Å². The van der Waals surface area contributed by atoms with Crippen molar-refractivity contribution in [2.75, 3.05) is 36.0 Å². The van der Waals surface area contributed by atoms with E-state index in [2.05, 4.69) is 10.2 Å². The van der Waals surface area contributed by atoms with Crippen molar-refractivity contribution in [2.45, 2.75) is 39.3 Å². The summed E-state index contributed by atoms with van der Waals surface area (Å²) >= 11 is 0. The van der Waals surface area contributed by atoms with Crippen LogP contribution in [0.4, 0.5) is 43.8 Å². The molecule has 15 heteroatoms. The number of amides is 1. The lowest BCUT2D eigenvalue weighted by Gasteiger charge is -2.39. The summed E-state index contributed by atoms with van der Waals surface area (Å²) in [6.07, 6.45) is -3.55. The first kappa shape index (κ1) is 30.6. The van der Waals surface area contributed by atoms with Crippen molar-refractivity contribution in [3.63, 3.8) is 0 Å². The van der Waals surface area contributed by atoms with Crippen molar-refractivity contribution in [1.29, 1.82) is 0 Å². The molecule has 10 nitrogen and oxygen atoms in total. The Kier molecular flexibility index (Phi) is 8.14. The summed E-state index contributed by atoms with van der Waals surface area (Å²) in [6, 6.07) is 6.37. The molecule has 0 saturated carbocycles. The van der Waals surface area contributed by atoms with E-state index in [0.29, 0.717) is 0 Å². The normalized spacial score (nSPS) is 14.0. The maximum absolute atomic E-state index is 15.3. The lowest BCUT2D eigenvalue weighted by Crippen LogP contribution is -2.54. The van der Waals surface area contributed by atoms with Gasteiger partial charge in [0.25, 0.3) is 16.7 Å². The van der Waals surface area contributed by atoms with Crippen molar-refractivity contribution in [3.8, 4) is 11.5 Å². The van der Waals surface area contributed by atoms with E-state index in [0.717, 1.165) is 18.2 Å². The van der Waals surface area contributed by atoms with Gasteiger partial charge in [-0.25, -0.2) is 18.0 Å². The third-order valence-electron chi connectivity index (χ3n) is 6.85. The third-order valence-corrected chi connectivity index (χ3v) is 6.85. The summed E-state index contributed by atoms with van der Waals surface area (Å²) in [5.74, 6) is -4.54. The Morgan fingerprint density at radius 2 is 1.66 bits per heavy atom. The van der Waals surface area contributed by atoms with E-state index < -0.39 is 58.9 Å². The molecule has 1 aromatic heterocycles. The highest BCUT2D eigenvalue weighted by atomic mass is 19.3. The molecular formula is C29H26F5N5O5. The minimum Gasteiger partial charge on any atom is -0.444 e. The highest BCUT2D eigenvalue weighted by molar-refractivity contribution is 5.82. The molecule has 2 heterocycles. The molecule has 44 heavy (non-hydrogen) atoms. The van der Waals surface area contributed by atoms with Gasteiger partial charge in [0.05, 0.1) is 6.54 Å². The minimum absolute atomic E-state index is 0.00249. The number of hydrogen-bond acceptors (Lipinski definition) is 9. The fraction of sp³-hybridized carbons (Fsp3) is 0.345. The number of benzene rings is 2. The average Bonchev–Trinajstić information content (AvgIpc) is 3.47. The lowest BCUT2D eigenvalue weighted by molar-refractivity contribution is 0.0240. The molecule has 1 aliphatic rings. The lowest BCUT2D eigenvalue weighted by atomic mass is 10.1. The van der Waals surface area contributed by atoms with Crippen LogP contribution in [0.3, 0.4) is 0 Å². The van der Waals surface area contributed by atoms with Gasteiger partial charge in [0.2, 0.25) is 5.89 Å². The second kappa shape index (κ2) is 11.7. The number of carbonyl (C=O) groups is 1. The Labute approximate surface area is 246 Å². The van der Waals surface area contributed by atoms with E-state index in [1.807, 2.05) is 0 Å². The maximum Gasteiger partial charge on any atom is 0.410 e. The number of halogens is 5. The van der Waals surface area contributed by atoms with Gasteiger partial charge in [-0.15, -0.1) is 10.2 Å². The zero-order valence-electron chi connectivity index (χ0n) is 23.7. The largest absolute Gasteiger partial charge is 0.444 e. The van der Waals surface area contributed by atoms with E-state index in [4.69, 9.17) is 9.15 Å². The Morgan fingerprint density at radius 3 is 2.25 bits per heavy atom. The van der Waals surface area contributed by atoms with Gasteiger partial charge in [0.1, 0.15) is 22.8 Å². The molecule has 5 rings (SSSR count). The monoisotopic (exact) mass is 619 g/mol. The number of alkyl halides is 2. The molecular weight excluding hydrogens is 593 g/mol. The van der Waals surface area contributed by atoms with Crippen LogP contribution in [0.5, 0.6) is 0 Å². The molecule has 0 bridgehead atoms. The highest BCUT2D eigenvalue weighted by Gasteiger charge is 2.34. The molecule has 1 amide bonds. The molecule has 232 valence electrons. The Hall–Kier alpha value is -4.82. The molecule has 0 aliphatic carbocycles. The Balaban J connectivity index is 1.45. The molecule has 1 aliphatic heterocycles. The number of nitrogens with zero attached hydrogens (tertiary/aromatic N) is 5. The fourth-order valence-electron chi connectivity index (χ4n) is 4.72. The third kappa shape index (κ3) is 6.12. The van der Waals surface area contributed by atoms with Gasteiger partial charge in [0.15, 0.2) is 11.6 Å². The van der Waals surface area contributed by atoms with E-state index in [1.54, 1.807) is 25.7 Å². The van der Waals surface area contributed by atoms with Gasteiger partial charge >= 0.3 is 12.5 Å². The minimum atomic E-state index is -3.02. The fourth-order valence-corrected chi connectivity index (χ4v) is 4.72. The number of carbonyl (C=O) groups excluding carboxylic acids is 1. The maximum atomic E-state index is 15.3. The van der Waals surface area contributed by atoms with Crippen LogP contribution in [0, 0.1) is 17.5 Å². The van der Waals surface area contributed by atoms with Crippen LogP contribution >= 0.6 is 0 Å². The van der Waals surface area contributed by atoms with E-state index in [-0.39, 0.29) is 60.3 Å². The standard InChI is InChI=1S/C29H26F5N5O5/c1-29(2,3)44-28(42)38-10-8-37(9-11-38)21-22(24(41)23(21)40)39(17-6-7-18(30)20(32)13-17)14-16-5-4-15(12-19(16)31)26-35-36-27(43-26)25(33)34/h4-7,12-13,25H,8-11,14H2,1-3H3. The van der Waals surface area contributed by atoms with E-state index in [1.165, 1.54) is 28.0 Å². The zero-order chi connectivity index (χ0) is 31.9. The topological polar surface area (TPSA) is 109 Å². The molecule has 0 unspecified atom stereocenters. The predicted octanol–water partition coefficient (Wildman–Crippen LogP) is 5.08. The van der Waals surface area contributed by atoms with Crippen molar-refractivity contribution in [2.24, 2.45) is 0 Å². The first-order valence-corrected chi connectivity index (χ1v) is 13.4. The summed E-state index contributed by atoms with van der Waals surface area (Å²) in [4.78, 5) is 42.5. The van der Waals surface area contributed by atoms with Gasteiger partial charge in [-0.3, -0.25) is 9.59 Å². The quantitative estimate of drug-likeness (QED) is 0.207. The van der Waals surface area contributed by atoms with E-state index in [9.17, 15) is 31.9 Å². The van der Waals surface area contributed by atoms with Crippen LogP contribution < -0.4 is 20.7 Å². The number of rotatable bonds is 7. The summed E-state index contributed by atoms with van der Waals surface area (Å²) in [5.41, 5.74) is -2.68. The number of piperazine rings is 1. The molecule has 0 spiro atoms. The summed E-state index contributed by atoms with van der Waals surface area (Å²) in [7, 11) is 0. The van der Waals surface area contributed by atoms with Crippen LogP contribution in [-0.4, -0.2) is 53.0 Å². The van der Waals surface area contributed by atoms with Crippen molar-refractivity contribution in [3.05, 3.63) is 85.8 Å². The van der Waals surface area contributed by atoms with Crippen molar-refractivity contribution in [1.82, 2.24) is 15.1 Å².